The van der Waals surface area contributed by atoms with Crippen molar-refractivity contribution in [1.82, 2.24) is 4.98 Å². The Morgan fingerprint density at radius 1 is 1.19 bits per heavy atom. The Kier molecular flexibility index (Phi) is 5.40. The number of fused-ring (bicyclic) bond motifs is 1. The maximum absolute atomic E-state index is 13.5. The van der Waals surface area contributed by atoms with Crippen molar-refractivity contribution in [3.63, 3.8) is 0 Å². The Labute approximate surface area is 155 Å². The molecular weight excluding hydrogens is 351 g/mol. The van der Waals surface area contributed by atoms with E-state index < -0.39 is 5.97 Å². The number of carbonyl (C=O) groups is 2. The van der Waals surface area contributed by atoms with E-state index in [9.17, 15) is 14.0 Å². The number of rotatable bonds is 6. The fraction of sp³-hybridized carbons (Fsp3) is 0.200. The summed E-state index contributed by atoms with van der Waals surface area (Å²) in [6.45, 7) is 3.57. The lowest BCUT2D eigenvalue weighted by atomic mass is 10.1. The molecule has 2 aromatic carbocycles. The average Bonchev–Trinajstić information content (AvgIpc) is 3.05. The smallest absolute Gasteiger partial charge is 0.344 e. The molecule has 0 radical (unpaired) electrons. The van der Waals surface area contributed by atoms with E-state index in [4.69, 9.17) is 9.47 Å². The number of anilines is 1. The number of hydrogen-bond donors (Lipinski definition) is 2. The number of aromatic nitrogens is 1. The molecule has 0 spiro atoms. The number of ether oxygens (including phenoxy) is 2. The van der Waals surface area contributed by atoms with Crippen molar-refractivity contribution in [3.8, 4) is 5.75 Å². The van der Waals surface area contributed by atoms with Crippen LogP contribution < -0.4 is 10.1 Å². The third-order valence-electron chi connectivity index (χ3n) is 3.91. The van der Waals surface area contributed by atoms with Gasteiger partial charge in [-0.25, -0.2) is 9.18 Å². The number of carbonyl (C=O) groups excluding carboxylic acids is 2. The van der Waals surface area contributed by atoms with Gasteiger partial charge in [0.25, 0.3) is 5.91 Å². The summed E-state index contributed by atoms with van der Waals surface area (Å²) in [4.78, 5) is 26.8. The van der Waals surface area contributed by atoms with E-state index in [0.29, 0.717) is 22.6 Å². The molecule has 0 saturated heterocycles. The summed E-state index contributed by atoms with van der Waals surface area (Å²) in [5.41, 5.74) is 2.12. The highest BCUT2D eigenvalue weighted by Crippen LogP contribution is 2.23. The number of nitrogens with one attached hydrogen (secondary N) is 2. The van der Waals surface area contributed by atoms with Crippen LogP contribution in [-0.4, -0.2) is 30.1 Å². The molecule has 1 amide bonds. The van der Waals surface area contributed by atoms with Crippen molar-refractivity contribution in [1.29, 1.82) is 0 Å². The molecule has 0 saturated carbocycles. The number of aromatic amines is 1. The van der Waals surface area contributed by atoms with Crippen LogP contribution in [0.25, 0.3) is 10.9 Å². The molecule has 3 aromatic rings. The van der Waals surface area contributed by atoms with E-state index in [2.05, 4.69) is 10.3 Å². The topological polar surface area (TPSA) is 80.4 Å². The third kappa shape index (κ3) is 4.44. The number of halogens is 1. The zero-order valence-corrected chi connectivity index (χ0v) is 15.0. The molecule has 0 aliphatic carbocycles. The number of amides is 1. The van der Waals surface area contributed by atoms with Gasteiger partial charge in [0.05, 0.1) is 6.61 Å². The lowest BCUT2D eigenvalue weighted by Gasteiger charge is -2.08. The van der Waals surface area contributed by atoms with Crippen LogP contribution in [0.4, 0.5) is 10.1 Å². The molecule has 6 nitrogen and oxygen atoms in total. The van der Waals surface area contributed by atoms with Gasteiger partial charge in [0, 0.05) is 22.7 Å². The van der Waals surface area contributed by atoms with E-state index in [1.807, 2.05) is 0 Å². The molecule has 140 valence electrons. The van der Waals surface area contributed by atoms with Crippen LogP contribution in [0.15, 0.2) is 42.5 Å². The van der Waals surface area contributed by atoms with Crippen LogP contribution in [0.3, 0.4) is 0 Å². The van der Waals surface area contributed by atoms with Crippen molar-refractivity contribution in [2.24, 2.45) is 0 Å². The van der Waals surface area contributed by atoms with Gasteiger partial charge in [-0.3, -0.25) is 4.79 Å². The molecule has 3 rings (SSSR count). The van der Waals surface area contributed by atoms with Crippen molar-refractivity contribution in [3.05, 3.63) is 59.5 Å². The van der Waals surface area contributed by atoms with Gasteiger partial charge < -0.3 is 19.8 Å². The summed E-state index contributed by atoms with van der Waals surface area (Å²) in [6, 6.07) is 11.1. The van der Waals surface area contributed by atoms with E-state index in [1.165, 1.54) is 12.1 Å². The van der Waals surface area contributed by atoms with Crippen LogP contribution in [0.1, 0.15) is 23.0 Å². The molecule has 0 bridgehead atoms. The lowest BCUT2D eigenvalue weighted by Crippen LogP contribution is -2.15. The molecule has 1 aromatic heterocycles. The first-order valence-electron chi connectivity index (χ1n) is 8.45. The van der Waals surface area contributed by atoms with Crippen molar-refractivity contribution >= 4 is 28.5 Å². The van der Waals surface area contributed by atoms with Gasteiger partial charge in [-0.05, 0) is 49.7 Å². The zero-order chi connectivity index (χ0) is 19.4. The summed E-state index contributed by atoms with van der Waals surface area (Å²) >= 11 is 0. The van der Waals surface area contributed by atoms with Crippen molar-refractivity contribution < 1.29 is 23.5 Å². The highest BCUT2D eigenvalue weighted by molar-refractivity contribution is 6.06. The van der Waals surface area contributed by atoms with E-state index in [-0.39, 0.29) is 24.9 Å². The Hall–Kier alpha value is -3.35. The number of hydrogen-bond acceptors (Lipinski definition) is 4. The number of H-pyrrole nitrogens is 1. The molecule has 0 atom stereocenters. The van der Waals surface area contributed by atoms with Gasteiger partial charge in [-0.15, -0.1) is 0 Å². The zero-order valence-electron chi connectivity index (χ0n) is 15.0. The van der Waals surface area contributed by atoms with Crippen LogP contribution in [-0.2, 0) is 9.53 Å². The first-order chi connectivity index (χ1) is 13.0. The van der Waals surface area contributed by atoms with Gasteiger partial charge in [0.2, 0.25) is 0 Å². The number of aryl methyl sites for hydroxylation is 1. The highest BCUT2D eigenvalue weighted by atomic mass is 19.1. The SMILES string of the molecule is CCOC(=O)COc1cccc(NC(=O)c2cc3c(C)cc(F)cc3[nH]2)c1. The Morgan fingerprint density at radius 2 is 2.00 bits per heavy atom. The van der Waals surface area contributed by atoms with Gasteiger partial charge in [-0.1, -0.05) is 6.07 Å². The van der Waals surface area contributed by atoms with Crippen LogP contribution in [0, 0.1) is 12.7 Å². The van der Waals surface area contributed by atoms with Gasteiger partial charge in [0.15, 0.2) is 6.61 Å². The first-order valence-corrected chi connectivity index (χ1v) is 8.45. The van der Waals surface area contributed by atoms with Crippen LogP contribution in [0.2, 0.25) is 0 Å². The second-order valence-electron chi connectivity index (χ2n) is 5.94. The average molecular weight is 370 g/mol. The summed E-state index contributed by atoms with van der Waals surface area (Å²) in [6.07, 6.45) is 0. The molecule has 1 heterocycles. The van der Waals surface area contributed by atoms with E-state index >= 15 is 0 Å². The number of esters is 1. The molecule has 0 fully saturated rings. The minimum absolute atomic E-state index is 0.210. The fourth-order valence-electron chi connectivity index (χ4n) is 2.70. The predicted octanol–water partition coefficient (Wildman–Crippen LogP) is 3.81. The van der Waals surface area contributed by atoms with Gasteiger partial charge >= 0.3 is 5.97 Å². The molecular formula is C20H19FN2O4. The van der Waals surface area contributed by atoms with Gasteiger partial charge in [-0.2, -0.15) is 0 Å². The fourth-order valence-corrected chi connectivity index (χ4v) is 2.70. The first kappa shape index (κ1) is 18.4. The van der Waals surface area contributed by atoms with Crippen molar-refractivity contribution in [2.45, 2.75) is 13.8 Å². The molecule has 0 unspecified atom stereocenters. The van der Waals surface area contributed by atoms with E-state index in [1.54, 1.807) is 44.2 Å². The maximum Gasteiger partial charge on any atom is 0.344 e. The van der Waals surface area contributed by atoms with E-state index in [0.717, 1.165) is 10.9 Å². The lowest BCUT2D eigenvalue weighted by molar-refractivity contribution is -0.145. The third-order valence-corrected chi connectivity index (χ3v) is 3.91. The molecule has 2 N–H and O–H groups in total. The standard InChI is InChI=1S/C20H19FN2O4/c1-3-26-19(24)11-27-15-6-4-5-14(9-15)22-20(25)18-10-16-12(2)7-13(21)8-17(16)23-18/h4-10,23H,3,11H2,1-2H3,(H,22,25). The summed E-state index contributed by atoms with van der Waals surface area (Å²) in [7, 11) is 0. The molecule has 0 aliphatic heterocycles. The quantitative estimate of drug-likeness (QED) is 0.647. The largest absolute Gasteiger partial charge is 0.482 e. The summed E-state index contributed by atoms with van der Waals surface area (Å²) in [5.74, 6) is -0.767. The number of benzene rings is 2. The summed E-state index contributed by atoms with van der Waals surface area (Å²) in [5, 5.41) is 3.53. The Balaban J connectivity index is 1.71. The van der Waals surface area contributed by atoms with Gasteiger partial charge in [0.1, 0.15) is 17.3 Å². The molecule has 0 aliphatic rings. The van der Waals surface area contributed by atoms with Crippen LogP contribution >= 0.6 is 0 Å². The predicted molar refractivity (Wildman–Crippen MR) is 99.5 cm³/mol. The highest BCUT2D eigenvalue weighted by Gasteiger charge is 2.12. The second-order valence-corrected chi connectivity index (χ2v) is 5.94. The minimum Gasteiger partial charge on any atom is -0.482 e. The van der Waals surface area contributed by atoms with Crippen LogP contribution in [0.5, 0.6) is 5.75 Å². The van der Waals surface area contributed by atoms with Crippen molar-refractivity contribution in [2.75, 3.05) is 18.5 Å². The normalized spacial score (nSPS) is 10.6. The molecule has 27 heavy (non-hydrogen) atoms. The Morgan fingerprint density at radius 3 is 2.78 bits per heavy atom. The second kappa shape index (κ2) is 7.90. The Bertz CT molecular complexity index is 997. The maximum atomic E-state index is 13.5. The minimum atomic E-state index is -0.465. The molecule has 7 heteroatoms. The monoisotopic (exact) mass is 370 g/mol. The summed E-state index contributed by atoms with van der Waals surface area (Å²) < 4.78 is 23.7.